The minimum Gasteiger partial charge on any atom is -0.344 e. The zero-order valence-corrected chi connectivity index (χ0v) is 12.1. The summed E-state index contributed by atoms with van der Waals surface area (Å²) in [5.74, 6) is -1.41. The molecule has 1 aromatic heterocycles. The number of hydrogen-bond acceptors (Lipinski definition) is 3. The number of carbonyl (C=O) groups is 2. The minimum atomic E-state index is -0.713. The Bertz CT molecular complexity index is 659. The first kappa shape index (κ1) is 15.0. The van der Waals surface area contributed by atoms with Crippen LogP contribution in [0.25, 0.3) is 0 Å². The van der Waals surface area contributed by atoms with Gasteiger partial charge in [0.1, 0.15) is 0 Å². The second-order valence-electron chi connectivity index (χ2n) is 4.45. The molecule has 5 nitrogen and oxygen atoms in total. The summed E-state index contributed by atoms with van der Waals surface area (Å²) in [5, 5.41) is 5.67. The van der Waals surface area contributed by atoms with Crippen LogP contribution in [0.15, 0.2) is 42.7 Å². The lowest BCUT2D eigenvalue weighted by Gasteiger charge is -2.09. The molecular weight excluding hydrogens is 290 g/mol. The number of hydrogen-bond donors (Lipinski definition) is 2. The maximum Gasteiger partial charge on any atom is 0.313 e. The van der Waals surface area contributed by atoms with E-state index in [1.807, 2.05) is 0 Å². The van der Waals surface area contributed by atoms with Crippen molar-refractivity contribution in [1.82, 2.24) is 10.3 Å². The first-order valence-corrected chi connectivity index (χ1v) is 6.68. The molecule has 0 fully saturated rings. The number of nitrogens with zero attached hydrogens (tertiary/aromatic N) is 1. The number of benzene rings is 1. The lowest BCUT2D eigenvalue weighted by atomic mass is 10.2. The van der Waals surface area contributed by atoms with Crippen LogP contribution >= 0.6 is 11.6 Å². The fourth-order valence-electron chi connectivity index (χ4n) is 1.71. The Morgan fingerprint density at radius 2 is 1.86 bits per heavy atom. The number of aromatic nitrogens is 1. The largest absolute Gasteiger partial charge is 0.344 e. The van der Waals surface area contributed by atoms with Gasteiger partial charge in [0.2, 0.25) is 0 Å². The average molecular weight is 304 g/mol. The van der Waals surface area contributed by atoms with E-state index in [0.717, 1.165) is 11.1 Å². The molecule has 2 rings (SSSR count). The summed E-state index contributed by atoms with van der Waals surface area (Å²) in [6, 6.07) is 8.56. The molecule has 2 amide bonds. The van der Waals surface area contributed by atoms with E-state index in [0.29, 0.717) is 10.7 Å². The van der Waals surface area contributed by atoms with E-state index in [-0.39, 0.29) is 6.54 Å². The quantitative estimate of drug-likeness (QED) is 0.855. The summed E-state index contributed by atoms with van der Waals surface area (Å²) in [7, 11) is 0. The molecule has 0 spiro atoms. The second kappa shape index (κ2) is 6.85. The number of amides is 2. The Kier molecular flexibility index (Phi) is 4.90. The Hall–Kier alpha value is -2.40. The van der Waals surface area contributed by atoms with Gasteiger partial charge in [-0.05, 0) is 48.4 Å². The van der Waals surface area contributed by atoms with Crippen molar-refractivity contribution in [3.8, 4) is 0 Å². The third-order valence-electron chi connectivity index (χ3n) is 2.85. The van der Waals surface area contributed by atoms with Gasteiger partial charge in [-0.1, -0.05) is 11.6 Å². The van der Waals surface area contributed by atoms with Gasteiger partial charge in [-0.25, -0.2) is 0 Å². The topological polar surface area (TPSA) is 71.1 Å². The zero-order chi connectivity index (χ0) is 15.2. The SMILES string of the molecule is Cc1cc(Cl)ccc1NC(=O)C(=O)NCc1ccncc1. The van der Waals surface area contributed by atoms with E-state index in [1.54, 1.807) is 49.6 Å². The highest BCUT2D eigenvalue weighted by Crippen LogP contribution is 2.19. The Labute approximate surface area is 127 Å². The predicted molar refractivity (Wildman–Crippen MR) is 80.9 cm³/mol. The molecule has 1 aromatic carbocycles. The van der Waals surface area contributed by atoms with Crippen molar-refractivity contribution in [3.63, 3.8) is 0 Å². The van der Waals surface area contributed by atoms with Crippen molar-refractivity contribution in [2.24, 2.45) is 0 Å². The fraction of sp³-hybridized carbons (Fsp3) is 0.133. The Morgan fingerprint density at radius 1 is 1.14 bits per heavy atom. The third kappa shape index (κ3) is 4.29. The number of aryl methyl sites for hydroxylation is 1. The van der Waals surface area contributed by atoms with Crippen molar-refractivity contribution in [1.29, 1.82) is 0 Å². The number of rotatable bonds is 3. The smallest absolute Gasteiger partial charge is 0.313 e. The van der Waals surface area contributed by atoms with Gasteiger partial charge in [0.25, 0.3) is 0 Å². The van der Waals surface area contributed by atoms with Crippen molar-refractivity contribution in [3.05, 3.63) is 58.9 Å². The molecule has 108 valence electrons. The zero-order valence-electron chi connectivity index (χ0n) is 11.4. The van der Waals surface area contributed by atoms with Gasteiger partial charge in [-0.3, -0.25) is 14.6 Å². The van der Waals surface area contributed by atoms with Crippen molar-refractivity contribution in [2.75, 3.05) is 5.32 Å². The molecule has 0 aliphatic heterocycles. The average Bonchev–Trinajstić information content (AvgIpc) is 2.48. The van der Waals surface area contributed by atoms with E-state index < -0.39 is 11.8 Å². The molecule has 2 N–H and O–H groups in total. The predicted octanol–water partition coefficient (Wildman–Crippen LogP) is 2.30. The van der Waals surface area contributed by atoms with E-state index in [9.17, 15) is 9.59 Å². The molecule has 0 aliphatic carbocycles. The number of anilines is 1. The molecule has 1 heterocycles. The number of carbonyl (C=O) groups excluding carboxylic acids is 2. The summed E-state index contributed by atoms with van der Waals surface area (Å²) in [6.45, 7) is 2.07. The third-order valence-corrected chi connectivity index (χ3v) is 3.08. The van der Waals surface area contributed by atoms with Crippen molar-refractivity contribution in [2.45, 2.75) is 13.5 Å². The molecule has 0 atom stereocenters. The molecule has 21 heavy (non-hydrogen) atoms. The maximum absolute atomic E-state index is 11.8. The van der Waals surface area contributed by atoms with Crippen LogP contribution in [0, 0.1) is 6.92 Å². The lowest BCUT2D eigenvalue weighted by molar-refractivity contribution is -0.136. The molecular formula is C15H14ClN3O2. The van der Waals surface area contributed by atoms with Crippen LogP contribution in [0.5, 0.6) is 0 Å². The summed E-state index contributed by atoms with van der Waals surface area (Å²) in [4.78, 5) is 27.4. The van der Waals surface area contributed by atoms with E-state index >= 15 is 0 Å². The number of nitrogens with one attached hydrogen (secondary N) is 2. The molecule has 6 heteroatoms. The monoisotopic (exact) mass is 303 g/mol. The van der Waals surface area contributed by atoms with Crippen molar-refractivity contribution < 1.29 is 9.59 Å². The standard InChI is InChI=1S/C15H14ClN3O2/c1-10-8-12(16)2-3-13(10)19-15(21)14(20)18-9-11-4-6-17-7-5-11/h2-8H,9H2,1H3,(H,18,20)(H,19,21). The van der Waals surface area contributed by atoms with Crippen LogP contribution < -0.4 is 10.6 Å². The number of halogens is 1. The molecule has 0 saturated carbocycles. The van der Waals surface area contributed by atoms with Crippen LogP contribution in [-0.2, 0) is 16.1 Å². The van der Waals surface area contributed by atoms with Gasteiger partial charge in [-0.15, -0.1) is 0 Å². The van der Waals surface area contributed by atoms with E-state index in [2.05, 4.69) is 15.6 Å². The van der Waals surface area contributed by atoms with Crippen LogP contribution in [0.1, 0.15) is 11.1 Å². The van der Waals surface area contributed by atoms with Gasteiger partial charge in [0.05, 0.1) is 0 Å². The number of pyridine rings is 1. The lowest BCUT2D eigenvalue weighted by Crippen LogP contribution is -2.35. The summed E-state index contributed by atoms with van der Waals surface area (Å²) >= 11 is 5.84. The van der Waals surface area contributed by atoms with Crippen LogP contribution in [0.4, 0.5) is 5.69 Å². The van der Waals surface area contributed by atoms with E-state index in [4.69, 9.17) is 11.6 Å². The highest BCUT2D eigenvalue weighted by Gasteiger charge is 2.14. The summed E-state index contributed by atoms with van der Waals surface area (Å²) < 4.78 is 0. The normalized spacial score (nSPS) is 10.0. The van der Waals surface area contributed by atoms with Crippen LogP contribution in [0.2, 0.25) is 5.02 Å². The van der Waals surface area contributed by atoms with Gasteiger partial charge in [-0.2, -0.15) is 0 Å². The minimum absolute atomic E-state index is 0.272. The second-order valence-corrected chi connectivity index (χ2v) is 4.89. The van der Waals surface area contributed by atoms with E-state index in [1.165, 1.54) is 0 Å². The van der Waals surface area contributed by atoms with Gasteiger partial charge in [0, 0.05) is 29.6 Å². The molecule has 2 aromatic rings. The molecule has 0 saturated heterocycles. The van der Waals surface area contributed by atoms with Crippen LogP contribution in [-0.4, -0.2) is 16.8 Å². The summed E-state index contributed by atoms with van der Waals surface area (Å²) in [5.41, 5.74) is 2.22. The first-order valence-electron chi connectivity index (χ1n) is 6.30. The molecule has 0 radical (unpaired) electrons. The molecule has 0 bridgehead atoms. The maximum atomic E-state index is 11.8. The fourth-order valence-corrected chi connectivity index (χ4v) is 1.94. The van der Waals surface area contributed by atoms with Gasteiger partial charge < -0.3 is 10.6 Å². The van der Waals surface area contributed by atoms with Crippen molar-refractivity contribution >= 4 is 29.1 Å². The summed E-state index contributed by atoms with van der Waals surface area (Å²) in [6.07, 6.45) is 3.25. The first-order chi connectivity index (χ1) is 10.1. The van der Waals surface area contributed by atoms with Gasteiger partial charge in [0.15, 0.2) is 0 Å². The Morgan fingerprint density at radius 3 is 2.52 bits per heavy atom. The highest BCUT2D eigenvalue weighted by atomic mass is 35.5. The van der Waals surface area contributed by atoms with Crippen LogP contribution in [0.3, 0.4) is 0 Å². The molecule has 0 aliphatic rings. The Balaban J connectivity index is 1.92. The van der Waals surface area contributed by atoms with Gasteiger partial charge >= 0.3 is 11.8 Å². The highest BCUT2D eigenvalue weighted by molar-refractivity contribution is 6.39. The molecule has 0 unspecified atom stereocenters.